The molecule has 3 aliphatic rings. The molecule has 4 rings (SSSR count). The number of carbonyl (C=O) groups is 3. The molecule has 0 radical (unpaired) electrons. The molecule has 146 valence electrons. The SMILES string of the molecule is Cl.O=C(CN1C(=O)NC2(CCCC2)C1=O)Nc1ccc2c(c1F)CCNC2. The maximum Gasteiger partial charge on any atom is 0.325 e. The molecule has 7 nitrogen and oxygen atoms in total. The molecule has 1 aliphatic carbocycles. The van der Waals surface area contributed by atoms with Gasteiger partial charge in [-0.15, -0.1) is 12.4 Å². The van der Waals surface area contributed by atoms with Crippen LogP contribution in [0.15, 0.2) is 12.1 Å². The van der Waals surface area contributed by atoms with Crippen molar-refractivity contribution in [3.63, 3.8) is 0 Å². The summed E-state index contributed by atoms with van der Waals surface area (Å²) >= 11 is 0. The number of nitrogens with zero attached hydrogens (tertiary/aromatic N) is 1. The molecule has 0 aromatic heterocycles. The van der Waals surface area contributed by atoms with E-state index in [1.807, 2.05) is 0 Å². The fourth-order valence-corrected chi connectivity index (χ4v) is 4.10. The van der Waals surface area contributed by atoms with Gasteiger partial charge in [0.15, 0.2) is 0 Å². The zero-order valence-corrected chi connectivity index (χ0v) is 15.6. The third kappa shape index (κ3) is 3.39. The van der Waals surface area contributed by atoms with E-state index in [0.29, 0.717) is 37.9 Å². The van der Waals surface area contributed by atoms with Crippen LogP contribution < -0.4 is 16.0 Å². The molecular weight excluding hydrogens is 375 g/mol. The Morgan fingerprint density at radius 1 is 1.26 bits per heavy atom. The number of amides is 4. The molecule has 1 aromatic carbocycles. The second kappa shape index (κ2) is 7.44. The van der Waals surface area contributed by atoms with Crippen LogP contribution in [0.4, 0.5) is 14.9 Å². The lowest BCUT2D eigenvalue weighted by atomic mass is 9.98. The average Bonchev–Trinajstić information content (AvgIpc) is 3.19. The molecule has 0 unspecified atom stereocenters. The van der Waals surface area contributed by atoms with E-state index in [1.54, 1.807) is 6.07 Å². The molecule has 1 aromatic rings. The van der Waals surface area contributed by atoms with Gasteiger partial charge in [0.1, 0.15) is 17.9 Å². The monoisotopic (exact) mass is 396 g/mol. The summed E-state index contributed by atoms with van der Waals surface area (Å²) in [6.45, 7) is 0.876. The summed E-state index contributed by atoms with van der Waals surface area (Å²) < 4.78 is 14.6. The molecular formula is C18H22ClFN4O3. The van der Waals surface area contributed by atoms with Crippen LogP contribution in [0.1, 0.15) is 36.8 Å². The zero-order valence-electron chi connectivity index (χ0n) is 14.8. The first-order chi connectivity index (χ1) is 12.5. The molecule has 2 aliphatic heterocycles. The number of benzene rings is 1. The molecule has 0 bridgehead atoms. The molecule has 2 fully saturated rings. The topological polar surface area (TPSA) is 90.5 Å². The van der Waals surface area contributed by atoms with E-state index in [-0.39, 0.29) is 24.0 Å². The number of carbonyl (C=O) groups excluding carboxylic acids is 3. The van der Waals surface area contributed by atoms with E-state index < -0.39 is 29.8 Å². The molecule has 2 heterocycles. The minimum absolute atomic E-state index is 0. The molecule has 27 heavy (non-hydrogen) atoms. The minimum Gasteiger partial charge on any atom is -0.323 e. The van der Waals surface area contributed by atoms with Crippen molar-refractivity contribution in [1.82, 2.24) is 15.5 Å². The largest absolute Gasteiger partial charge is 0.325 e. The van der Waals surface area contributed by atoms with Crippen LogP contribution in [-0.2, 0) is 22.6 Å². The fourth-order valence-electron chi connectivity index (χ4n) is 4.10. The molecule has 1 saturated carbocycles. The van der Waals surface area contributed by atoms with Crippen molar-refractivity contribution < 1.29 is 18.8 Å². The molecule has 1 spiro atoms. The van der Waals surface area contributed by atoms with E-state index in [0.717, 1.165) is 23.3 Å². The number of imide groups is 1. The number of fused-ring (bicyclic) bond motifs is 1. The predicted molar refractivity (Wildman–Crippen MR) is 99.1 cm³/mol. The van der Waals surface area contributed by atoms with Crippen LogP contribution in [0.2, 0.25) is 0 Å². The Bertz CT molecular complexity index is 795. The lowest BCUT2D eigenvalue weighted by Crippen LogP contribution is -2.44. The second-order valence-corrected chi connectivity index (χ2v) is 7.15. The van der Waals surface area contributed by atoms with Gasteiger partial charge < -0.3 is 16.0 Å². The minimum atomic E-state index is -0.846. The number of urea groups is 1. The highest BCUT2D eigenvalue weighted by atomic mass is 35.5. The summed E-state index contributed by atoms with van der Waals surface area (Å²) in [5.74, 6) is -1.38. The lowest BCUT2D eigenvalue weighted by Gasteiger charge is -2.21. The third-order valence-electron chi connectivity index (χ3n) is 5.49. The fraction of sp³-hybridized carbons (Fsp3) is 0.500. The van der Waals surface area contributed by atoms with Gasteiger partial charge in [0.25, 0.3) is 5.91 Å². The van der Waals surface area contributed by atoms with Crippen molar-refractivity contribution in [2.24, 2.45) is 0 Å². The number of hydrogen-bond donors (Lipinski definition) is 3. The number of halogens is 2. The Morgan fingerprint density at radius 3 is 2.74 bits per heavy atom. The van der Waals surface area contributed by atoms with Gasteiger partial charge in [0.2, 0.25) is 5.91 Å². The first-order valence-electron chi connectivity index (χ1n) is 8.95. The van der Waals surface area contributed by atoms with Crippen molar-refractivity contribution in [2.45, 2.75) is 44.2 Å². The predicted octanol–water partition coefficient (Wildman–Crippen LogP) is 1.70. The van der Waals surface area contributed by atoms with Gasteiger partial charge in [-0.05, 0) is 43.0 Å². The van der Waals surface area contributed by atoms with Crippen LogP contribution in [0.5, 0.6) is 0 Å². The molecule has 0 atom stereocenters. The summed E-state index contributed by atoms with van der Waals surface area (Å²) in [6, 6.07) is 2.74. The molecule has 4 amide bonds. The first kappa shape index (κ1) is 19.6. The number of rotatable bonds is 3. The van der Waals surface area contributed by atoms with E-state index in [2.05, 4.69) is 16.0 Å². The Morgan fingerprint density at radius 2 is 2.00 bits per heavy atom. The highest BCUT2D eigenvalue weighted by Gasteiger charge is 2.52. The Balaban J connectivity index is 0.00000210. The Kier molecular flexibility index (Phi) is 5.39. The number of anilines is 1. The standard InChI is InChI=1S/C18H21FN4O3.ClH/c19-15-12-5-8-20-9-11(12)3-4-13(15)21-14(24)10-23-16(25)18(22-17(23)26)6-1-2-7-18;/h3-4,20H,1-2,5-10H2,(H,21,24)(H,22,26);1H. The normalized spacial score (nSPS) is 20.3. The van der Waals surface area contributed by atoms with Crippen molar-refractivity contribution in [3.05, 3.63) is 29.1 Å². The van der Waals surface area contributed by atoms with Gasteiger partial charge in [-0.3, -0.25) is 14.5 Å². The summed E-state index contributed by atoms with van der Waals surface area (Å²) in [6.07, 6.45) is 3.51. The Labute approximate surface area is 162 Å². The maximum atomic E-state index is 14.6. The zero-order chi connectivity index (χ0) is 18.3. The van der Waals surface area contributed by atoms with Crippen molar-refractivity contribution in [2.75, 3.05) is 18.4 Å². The highest BCUT2D eigenvalue weighted by Crippen LogP contribution is 2.35. The van der Waals surface area contributed by atoms with E-state index >= 15 is 0 Å². The highest BCUT2D eigenvalue weighted by molar-refractivity contribution is 6.10. The van der Waals surface area contributed by atoms with Crippen LogP contribution in [0.3, 0.4) is 0 Å². The van der Waals surface area contributed by atoms with Crippen molar-refractivity contribution in [1.29, 1.82) is 0 Å². The third-order valence-corrected chi connectivity index (χ3v) is 5.49. The summed E-state index contributed by atoms with van der Waals surface area (Å²) in [5.41, 5.74) is 0.713. The van der Waals surface area contributed by atoms with Crippen LogP contribution in [0.25, 0.3) is 0 Å². The van der Waals surface area contributed by atoms with E-state index in [9.17, 15) is 18.8 Å². The smallest absolute Gasteiger partial charge is 0.323 e. The van der Waals surface area contributed by atoms with E-state index in [4.69, 9.17) is 0 Å². The van der Waals surface area contributed by atoms with Gasteiger partial charge in [0, 0.05) is 6.54 Å². The first-order valence-corrected chi connectivity index (χ1v) is 8.95. The molecule has 3 N–H and O–H groups in total. The maximum absolute atomic E-state index is 14.6. The van der Waals surface area contributed by atoms with Gasteiger partial charge in [0.05, 0.1) is 5.69 Å². The lowest BCUT2D eigenvalue weighted by molar-refractivity contribution is -0.133. The Hall–Kier alpha value is -2.19. The molecule has 1 saturated heterocycles. The van der Waals surface area contributed by atoms with Gasteiger partial charge in [-0.2, -0.15) is 0 Å². The van der Waals surface area contributed by atoms with Crippen molar-refractivity contribution >= 4 is 35.9 Å². The van der Waals surface area contributed by atoms with Crippen LogP contribution in [-0.4, -0.2) is 41.4 Å². The summed E-state index contributed by atoms with van der Waals surface area (Å²) in [4.78, 5) is 37.9. The van der Waals surface area contributed by atoms with Crippen LogP contribution >= 0.6 is 12.4 Å². The van der Waals surface area contributed by atoms with Crippen LogP contribution in [0, 0.1) is 5.82 Å². The van der Waals surface area contributed by atoms with Gasteiger partial charge in [-0.1, -0.05) is 18.9 Å². The number of hydrogen-bond acceptors (Lipinski definition) is 4. The van der Waals surface area contributed by atoms with Gasteiger partial charge in [-0.25, -0.2) is 9.18 Å². The summed E-state index contributed by atoms with van der Waals surface area (Å²) in [5, 5.41) is 8.39. The average molecular weight is 397 g/mol. The van der Waals surface area contributed by atoms with Gasteiger partial charge >= 0.3 is 6.03 Å². The number of nitrogens with one attached hydrogen (secondary N) is 3. The quantitative estimate of drug-likeness (QED) is 0.678. The van der Waals surface area contributed by atoms with E-state index in [1.165, 1.54) is 6.07 Å². The summed E-state index contributed by atoms with van der Waals surface area (Å²) in [7, 11) is 0. The van der Waals surface area contributed by atoms with Crippen molar-refractivity contribution in [3.8, 4) is 0 Å². The second-order valence-electron chi connectivity index (χ2n) is 7.15. The molecule has 9 heteroatoms.